The van der Waals surface area contributed by atoms with Crippen LogP contribution in [0, 0.1) is 17.5 Å². The van der Waals surface area contributed by atoms with E-state index >= 15 is 0 Å². The highest BCUT2D eigenvalue weighted by Gasteiger charge is 2.24. The summed E-state index contributed by atoms with van der Waals surface area (Å²) in [5.74, 6) is -3.67. The van der Waals surface area contributed by atoms with Crippen LogP contribution in [-0.2, 0) is 13.0 Å². The summed E-state index contributed by atoms with van der Waals surface area (Å²) in [5, 5.41) is 9.68. The minimum atomic E-state index is -1.34. The molecular formula is C26H21ClF3NO3. The Morgan fingerprint density at radius 3 is 2.56 bits per heavy atom. The summed E-state index contributed by atoms with van der Waals surface area (Å²) < 4.78 is 47.7. The third-order valence-electron chi connectivity index (χ3n) is 5.92. The van der Waals surface area contributed by atoms with Gasteiger partial charge in [-0.1, -0.05) is 30.7 Å². The minimum Gasteiger partial charge on any atom is -0.478 e. The van der Waals surface area contributed by atoms with Gasteiger partial charge in [-0.25, -0.2) is 22.9 Å². The predicted molar refractivity (Wildman–Crippen MR) is 123 cm³/mol. The number of nitrogens with zero attached hydrogens (tertiary/aromatic N) is 1. The summed E-state index contributed by atoms with van der Waals surface area (Å²) in [5.41, 5.74) is 3.31. The van der Waals surface area contributed by atoms with E-state index in [-0.39, 0.29) is 18.1 Å². The second-order valence-corrected chi connectivity index (χ2v) is 8.39. The van der Waals surface area contributed by atoms with Crippen molar-refractivity contribution in [2.45, 2.75) is 39.2 Å². The fraction of sp³-hybridized carbons (Fsp3) is 0.231. The van der Waals surface area contributed by atoms with E-state index in [4.69, 9.17) is 16.3 Å². The topological polar surface area (TPSA) is 59.4 Å². The number of ether oxygens (including phenoxy) is 1. The van der Waals surface area contributed by atoms with Crippen molar-refractivity contribution in [1.29, 1.82) is 0 Å². The molecule has 0 amide bonds. The number of aromatic carboxylic acids is 1. The number of benzene rings is 2. The third-order valence-corrected chi connectivity index (χ3v) is 6.12. The second-order valence-electron chi connectivity index (χ2n) is 7.96. The minimum absolute atomic E-state index is 0.0235. The lowest BCUT2D eigenvalue weighted by Gasteiger charge is -2.16. The number of halogens is 4. The molecule has 2 aromatic carbocycles. The zero-order valence-electron chi connectivity index (χ0n) is 18.3. The maximum atomic E-state index is 14.2. The van der Waals surface area contributed by atoms with Crippen LogP contribution >= 0.6 is 11.6 Å². The molecule has 0 saturated heterocycles. The Balaban J connectivity index is 1.73. The molecular weight excluding hydrogens is 467 g/mol. The number of aromatic nitrogens is 1. The Hall–Kier alpha value is -3.32. The molecule has 4 nitrogen and oxygen atoms in total. The van der Waals surface area contributed by atoms with Gasteiger partial charge < -0.3 is 9.84 Å². The molecule has 34 heavy (non-hydrogen) atoms. The van der Waals surface area contributed by atoms with Crippen LogP contribution in [-0.4, -0.2) is 16.1 Å². The normalized spacial score (nSPS) is 13.4. The van der Waals surface area contributed by atoms with Crippen LogP contribution in [0.3, 0.4) is 0 Å². The van der Waals surface area contributed by atoms with Crippen LogP contribution < -0.4 is 4.74 Å². The lowest BCUT2D eigenvalue weighted by atomic mass is 9.96. The van der Waals surface area contributed by atoms with Crippen molar-refractivity contribution in [3.8, 4) is 5.88 Å². The molecule has 1 aliphatic rings. The van der Waals surface area contributed by atoms with Crippen LogP contribution in [0.5, 0.6) is 5.88 Å². The number of pyridine rings is 1. The van der Waals surface area contributed by atoms with E-state index in [2.05, 4.69) is 4.98 Å². The smallest absolute Gasteiger partial charge is 0.338 e. The first kappa shape index (κ1) is 23.8. The van der Waals surface area contributed by atoms with Crippen molar-refractivity contribution in [1.82, 2.24) is 4.98 Å². The molecule has 0 saturated carbocycles. The fourth-order valence-electron chi connectivity index (χ4n) is 4.29. The van der Waals surface area contributed by atoms with E-state index < -0.39 is 29.0 Å². The zero-order chi connectivity index (χ0) is 24.4. The van der Waals surface area contributed by atoms with Gasteiger partial charge in [-0.3, -0.25) is 0 Å². The summed E-state index contributed by atoms with van der Waals surface area (Å²) in [4.78, 5) is 15.7. The maximum Gasteiger partial charge on any atom is 0.338 e. The van der Waals surface area contributed by atoms with E-state index in [0.717, 1.165) is 29.7 Å². The number of carboxylic acid groups (broad SMARTS) is 1. The standard InChI is InChI=1S/C26H21ClF3NO3/c1-2-17-15(7-9-23(29)24(17)30)13-34-25-20(11-16(27)12-31-25)19-5-3-4-18(19)14-6-8-22(28)21(10-14)26(32)33/h6-12H,2-5,13H2,1H3,(H,32,33). The highest BCUT2D eigenvalue weighted by molar-refractivity contribution is 6.30. The van der Waals surface area contributed by atoms with Crippen molar-refractivity contribution in [2.24, 2.45) is 0 Å². The molecule has 1 aromatic heterocycles. The van der Waals surface area contributed by atoms with Gasteiger partial charge in [0.05, 0.1) is 10.6 Å². The Morgan fingerprint density at radius 2 is 1.82 bits per heavy atom. The van der Waals surface area contributed by atoms with E-state index in [1.54, 1.807) is 19.1 Å². The first-order valence-corrected chi connectivity index (χ1v) is 11.2. The van der Waals surface area contributed by atoms with E-state index in [0.29, 0.717) is 41.0 Å². The Labute approximate surface area is 199 Å². The van der Waals surface area contributed by atoms with Gasteiger partial charge in [0.1, 0.15) is 12.4 Å². The molecule has 0 bridgehead atoms. The molecule has 176 valence electrons. The van der Waals surface area contributed by atoms with Crippen LogP contribution in [0.2, 0.25) is 5.02 Å². The molecule has 0 spiro atoms. The van der Waals surface area contributed by atoms with Crippen molar-refractivity contribution >= 4 is 28.7 Å². The van der Waals surface area contributed by atoms with Gasteiger partial charge in [-0.2, -0.15) is 0 Å². The summed E-state index contributed by atoms with van der Waals surface area (Å²) in [6, 6.07) is 8.28. The van der Waals surface area contributed by atoms with Gasteiger partial charge in [-0.15, -0.1) is 0 Å². The van der Waals surface area contributed by atoms with Gasteiger partial charge in [0.15, 0.2) is 11.6 Å². The van der Waals surface area contributed by atoms with Crippen LogP contribution in [0.4, 0.5) is 13.2 Å². The number of hydrogen-bond donors (Lipinski definition) is 1. The molecule has 0 radical (unpaired) electrons. The molecule has 0 unspecified atom stereocenters. The fourth-order valence-corrected chi connectivity index (χ4v) is 4.45. The summed E-state index contributed by atoms with van der Waals surface area (Å²) >= 11 is 6.22. The Bertz CT molecular complexity index is 1310. The van der Waals surface area contributed by atoms with Crippen molar-refractivity contribution in [3.05, 3.63) is 92.9 Å². The number of carboxylic acids is 1. The summed E-state index contributed by atoms with van der Waals surface area (Å²) in [6.07, 6.45) is 3.87. The molecule has 1 aliphatic carbocycles. The molecule has 3 aromatic rings. The van der Waals surface area contributed by atoms with Crippen LogP contribution in [0.15, 0.2) is 42.6 Å². The van der Waals surface area contributed by atoms with Gasteiger partial charge >= 0.3 is 5.97 Å². The molecule has 1 N–H and O–H groups in total. The van der Waals surface area contributed by atoms with E-state index in [1.165, 1.54) is 18.3 Å². The third kappa shape index (κ3) is 4.66. The van der Waals surface area contributed by atoms with Crippen LogP contribution in [0.1, 0.15) is 58.8 Å². The average molecular weight is 488 g/mol. The summed E-state index contributed by atoms with van der Waals surface area (Å²) in [7, 11) is 0. The number of allylic oxidation sites excluding steroid dienone is 2. The largest absolute Gasteiger partial charge is 0.478 e. The van der Waals surface area contributed by atoms with E-state index in [1.807, 2.05) is 0 Å². The highest BCUT2D eigenvalue weighted by Crippen LogP contribution is 2.43. The molecule has 1 heterocycles. The van der Waals surface area contributed by atoms with Crippen molar-refractivity contribution in [3.63, 3.8) is 0 Å². The predicted octanol–water partition coefficient (Wildman–Crippen LogP) is 7.09. The molecule has 0 atom stereocenters. The highest BCUT2D eigenvalue weighted by atomic mass is 35.5. The van der Waals surface area contributed by atoms with E-state index in [9.17, 15) is 23.1 Å². The summed E-state index contributed by atoms with van der Waals surface area (Å²) in [6.45, 7) is 1.71. The molecule has 8 heteroatoms. The SMILES string of the molecule is CCc1c(COc2ncc(Cl)cc2C2=C(c3ccc(F)c(C(=O)O)c3)CCC2)ccc(F)c1F. The Kier molecular flexibility index (Phi) is 6.93. The van der Waals surface area contributed by atoms with Gasteiger partial charge in [0.25, 0.3) is 0 Å². The van der Waals surface area contributed by atoms with Gasteiger partial charge in [0.2, 0.25) is 5.88 Å². The second kappa shape index (κ2) is 9.89. The molecule has 4 rings (SSSR count). The first-order chi connectivity index (χ1) is 16.3. The maximum absolute atomic E-state index is 14.2. The zero-order valence-corrected chi connectivity index (χ0v) is 19.1. The molecule has 0 fully saturated rings. The molecule has 0 aliphatic heterocycles. The lowest BCUT2D eigenvalue weighted by molar-refractivity contribution is 0.0692. The van der Waals surface area contributed by atoms with Crippen molar-refractivity contribution < 1.29 is 27.8 Å². The number of hydrogen-bond acceptors (Lipinski definition) is 3. The monoisotopic (exact) mass is 487 g/mol. The first-order valence-electron chi connectivity index (χ1n) is 10.8. The number of rotatable bonds is 7. The van der Waals surface area contributed by atoms with Gasteiger partial charge in [0, 0.05) is 11.8 Å². The van der Waals surface area contributed by atoms with Crippen molar-refractivity contribution in [2.75, 3.05) is 0 Å². The quantitative estimate of drug-likeness (QED) is 0.386. The van der Waals surface area contributed by atoms with Gasteiger partial charge in [-0.05, 0) is 77.8 Å². The average Bonchev–Trinajstić information content (AvgIpc) is 3.30. The lowest BCUT2D eigenvalue weighted by Crippen LogP contribution is -2.06. The Morgan fingerprint density at radius 1 is 1.09 bits per heavy atom. The van der Waals surface area contributed by atoms with Crippen LogP contribution in [0.25, 0.3) is 11.1 Å². The number of carbonyl (C=O) groups is 1.